The Morgan fingerprint density at radius 1 is 1.42 bits per heavy atom. The van der Waals surface area contributed by atoms with E-state index in [1.54, 1.807) is 13.8 Å². The van der Waals surface area contributed by atoms with E-state index in [0.29, 0.717) is 11.1 Å². The van der Waals surface area contributed by atoms with Gasteiger partial charge in [0.15, 0.2) is 0 Å². The zero-order chi connectivity index (χ0) is 14.8. The summed E-state index contributed by atoms with van der Waals surface area (Å²) >= 11 is 0. The second-order valence-corrected chi connectivity index (χ2v) is 6.03. The predicted octanol–water partition coefficient (Wildman–Crippen LogP) is 0.871. The van der Waals surface area contributed by atoms with Gasteiger partial charge in [-0.2, -0.15) is 0 Å². The third kappa shape index (κ3) is 3.49. The molecule has 0 fully saturated rings. The largest absolute Gasteiger partial charge is 0.395 e. The highest BCUT2D eigenvalue weighted by molar-refractivity contribution is 7.89. The van der Waals surface area contributed by atoms with Gasteiger partial charge in [0.05, 0.1) is 16.4 Å². The van der Waals surface area contributed by atoms with Gasteiger partial charge in [0.25, 0.3) is 5.69 Å². The first kappa shape index (κ1) is 15.5. The zero-order valence-corrected chi connectivity index (χ0v) is 11.7. The average molecular weight is 288 g/mol. The summed E-state index contributed by atoms with van der Waals surface area (Å²) in [6, 6.07) is 1.68. The maximum atomic E-state index is 12.1. The quantitative estimate of drug-likeness (QED) is 0.617. The number of hydrogen-bond acceptors (Lipinski definition) is 5. The number of sulfonamides is 1. The van der Waals surface area contributed by atoms with Gasteiger partial charge in [-0.3, -0.25) is 10.1 Å². The Kier molecular flexibility index (Phi) is 4.61. The Bertz CT molecular complexity index is 597. The van der Waals surface area contributed by atoms with Crippen LogP contribution in [0.15, 0.2) is 17.0 Å². The molecule has 0 spiro atoms. The molecule has 7 nitrogen and oxygen atoms in total. The fourth-order valence-corrected chi connectivity index (χ4v) is 3.13. The lowest BCUT2D eigenvalue weighted by atomic mass is 10.1. The highest BCUT2D eigenvalue weighted by Crippen LogP contribution is 2.25. The van der Waals surface area contributed by atoms with E-state index in [2.05, 4.69) is 4.72 Å². The van der Waals surface area contributed by atoms with Gasteiger partial charge in [0, 0.05) is 18.2 Å². The van der Waals surface area contributed by atoms with Crippen molar-refractivity contribution in [3.63, 3.8) is 0 Å². The van der Waals surface area contributed by atoms with Crippen LogP contribution in [0, 0.1) is 24.0 Å². The Balaban J connectivity index is 3.37. The monoisotopic (exact) mass is 288 g/mol. The summed E-state index contributed by atoms with van der Waals surface area (Å²) in [6.07, 6.45) is 0. The summed E-state index contributed by atoms with van der Waals surface area (Å²) in [6.45, 7) is 4.33. The van der Waals surface area contributed by atoms with Gasteiger partial charge in [-0.15, -0.1) is 0 Å². The Morgan fingerprint density at radius 3 is 2.47 bits per heavy atom. The summed E-state index contributed by atoms with van der Waals surface area (Å²) in [5, 5.41) is 19.6. The van der Waals surface area contributed by atoms with Crippen molar-refractivity contribution in [2.45, 2.75) is 31.7 Å². The normalized spacial score (nSPS) is 13.3. The van der Waals surface area contributed by atoms with E-state index in [0.717, 1.165) is 6.07 Å². The number of aryl methyl sites for hydroxylation is 1. The average Bonchev–Trinajstić information content (AvgIpc) is 2.31. The topological polar surface area (TPSA) is 110 Å². The van der Waals surface area contributed by atoms with Crippen LogP contribution in [0.2, 0.25) is 0 Å². The molecule has 1 aromatic carbocycles. The Hall–Kier alpha value is -1.51. The van der Waals surface area contributed by atoms with Crippen LogP contribution in [0.4, 0.5) is 5.69 Å². The third-order valence-corrected chi connectivity index (χ3v) is 4.45. The van der Waals surface area contributed by atoms with Crippen LogP contribution in [0.5, 0.6) is 0 Å². The van der Waals surface area contributed by atoms with Crippen LogP contribution in [0.1, 0.15) is 18.1 Å². The molecule has 19 heavy (non-hydrogen) atoms. The Morgan fingerprint density at radius 2 is 2.00 bits per heavy atom. The van der Waals surface area contributed by atoms with E-state index < -0.39 is 21.0 Å². The molecule has 0 bridgehead atoms. The lowest BCUT2D eigenvalue weighted by Gasteiger charge is -2.14. The Labute approximate surface area is 111 Å². The minimum absolute atomic E-state index is 0.139. The molecule has 1 rings (SSSR count). The van der Waals surface area contributed by atoms with Crippen molar-refractivity contribution < 1.29 is 18.4 Å². The number of nitro groups is 1. The molecule has 1 aromatic rings. The lowest BCUT2D eigenvalue weighted by Crippen LogP contribution is -2.35. The summed E-state index contributed by atoms with van der Waals surface area (Å²) in [4.78, 5) is 10.00. The molecule has 0 heterocycles. The molecule has 8 heteroatoms. The van der Waals surface area contributed by atoms with Gasteiger partial charge in [0.2, 0.25) is 10.0 Å². The van der Waals surface area contributed by atoms with Crippen LogP contribution >= 0.6 is 0 Å². The lowest BCUT2D eigenvalue weighted by molar-refractivity contribution is -0.385. The first-order valence-electron chi connectivity index (χ1n) is 5.58. The van der Waals surface area contributed by atoms with Gasteiger partial charge in [-0.05, 0) is 31.9 Å². The minimum atomic E-state index is -3.90. The van der Waals surface area contributed by atoms with Gasteiger partial charge in [-0.1, -0.05) is 0 Å². The minimum Gasteiger partial charge on any atom is -0.395 e. The number of non-ortho nitro benzene ring substituents is 1. The first-order valence-corrected chi connectivity index (χ1v) is 7.06. The summed E-state index contributed by atoms with van der Waals surface area (Å²) in [5.41, 5.74) is 0.689. The highest BCUT2D eigenvalue weighted by Gasteiger charge is 2.23. The van der Waals surface area contributed by atoms with E-state index in [9.17, 15) is 18.5 Å². The second-order valence-electron chi connectivity index (χ2n) is 4.35. The molecule has 0 unspecified atom stereocenters. The van der Waals surface area contributed by atoms with Crippen molar-refractivity contribution in [3.05, 3.63) is 33.4 Å². The fourth-order valence-electron chi connectivity index (χ4n) is 1.56. The molecule has 0 radical (unpaired) electrons. The number of nitro benzene ring substituents is 1. The molecule has 0 saturated carbocycles. The van der Waals surface area contributed by atoms with Gasteiger partial charge >= 0.3 is 0 Å². The number of hydrogen-bond donors (Lipinski definition) is 2. The SMILES string of the molecule is Cc1cc([N+](=O)[O-])cc(S(=O)(=O)N[C@@H](C)CO)c1C. The smallest absolute Gasteiger partial charge is 0.271 e. The number of rotatable bonds is 5. The molecule has 106 valence electrons. The van der Waals surface area contributed by atoms with E-state index in [1.807, 2.05) is 0 Å². The van der Waals surface area contributed by atoms with Crippen molar-refractivity contribution in [2.75, 3.05) is 6.61 Å². The first-order chi connectivity index (χ1) is 8.69. The van der Waals surface area contributed by atoms with E-state index in [1.165, 1.54) is 13.0 Å². The maximum absolute atomic E-state index is 12.1. The maximum Gasteiger partial charge on any atom is 0.271 e. The molecule has 0 aliphatic rings. The van der Waals surface area contributed by atoms with Crippen molar-refractivity contribution >= 4 is 15.7 Å². The molecule has 0 aliphatic heterocycles. The van der Waals surface area contributed by atoms with Crippen molar-refractivity contribution in [2.24, 2.45) is 0 Å². The van der Waals surface area contributed by atoms with Gasteiger partial charge in [0.1, 0.15) is 0 Å². The number of nitrogens with one attached hydrogen (secondary N) is 1. The fraction of sp³-hybridized carbons (Fsp3) is 0.455. The van der Waals surface area contributed by atoms with E-state index in [4.69, 9.17) is 5.11 Å². The van der Waals surface area contributed by atoms with Crippen LogP contribution in [0.3, 0.4) is 0 Å². The number of benzene rings is 1. The summed E-state index contributed by atoms with van der Waals surface area (Å²) in [5.74, 6) is 0. The molecule has 2 N–H and O–H groups in total. The molecule has 0 aliphatic carbocycles. The van der Waals surface area contributed by atoms with Crippen LogP contribution in [-0.2, 0) is 10.0 Å². The zero-order valence-electron chi connectivity index (χ0n) is 10.9. The highest BCUT2D eigenvalue weighted by atomic mass is 32.2. The third-order valence-electron chi connectivity index (χ3n) is 2.74. The van der Waals surface area contributed by atoms with Crippen molar-refractivity contribution in [1.29, 1.82) is 0 Å². The predicted molar refractivity (Wildman–Crippen MR) is 69.4 cm³/mol. The van der Waals surface area contributed by atoms with Crippen molar-refractivity contribution in [3.8, 4) is 0 Å². The molecular weight excluding hydrogens is 272 g/mol. The molecule has 0 aromatic heterocycles. The summed E-state index contributed by atoms with van der Waals surface area (Å²) in [7, 11) is -3.90. The second kappa shape index (κ2) is 5.64. The number of nitrogens with zero attached hydrogens (tertiary/aromatic N) is 1. The summed E-state index contributed by atoms with van der Waals surface area (Å²) < 4.78 is 26.5. The number of aliphatic hydroxyl groups is 1. The molecule has 1 atom stereocenters. The number of aliphatic hydroxyl groups excluding tert-OH is 1. The van der Waals surface area contributed by atoms with E-state index >= 15 is 0 Å². The molecule has 0 amide bonds. The van der Waals surface area contributed by atoms with Crippen LogP contribution in [0.25, 0.3) is 0 Å². The van der Waals surface area contributed by atoms with E-state index in [-0.39, 0.29) is 17.2 Å². The van der Waals surface area contributed by atoms with Crippen LogP contribution in [-0.4, -0.2) is 31.1 Å². The standard InChI is InChI=1S/C11H16N2O5S/c1-7-4-10(13(15)16)5-11(9(7)3)19(17,18)12-8(2)6-14/h4-5,8,12,14H,6H2,1-3H3/t8-/m0/s1. The van der Waals surface area contributed by atoms with Gasteiger partial charge < -0.3 is 5.11 Å². The van der Waals surface area contributed by atoms with Crippen molar-refractivity contribution in [1.82, 2.24) is 4.72 Å². The van der Waals surface area contributed by atoms with Gasteiger partial charge in [-0.25, -0.2) is 13.1 Å². The molecule has 0 saturated heterocycles. The molecular formula is C11H16N2O5S. The van der Waals surface area contributed by atoms with Crippen LogP contribution < -0.4 is 4.72 Å².